The van der Waals surface area contributed by atoms with Crippen LogP contribution < -0.4 is 0 Å². The molecule has 1 heterocycles. The largest absolute Gasteiger partial charge is 0.392 e. The topological polar surface area (TPSA) is 36.0 Å². The number of aliphatic hydroxyl groups excluding tert-OH is 1. The normalized spacial score (nSPS) is 21.4. The average molecular weight is 277 g/mol. The lowest BCUT2D eigenvalue weighted by molar-refractivity contribution is 0.140. The van der Waals surface area contributed by atoms with E-state index in [2.05, 4.69) is 54.4 Å². The molecule has 0 saturated carbocycles. The number of nitrogens with one attached hydrogen (secondary N) is 1. The van der Waals surface area contributed by atoms with Crippen LogP contribution in [0.15, 0.2) is 48.5 Å². The fraction of sp³-hybridized carbons (Fsp3) is 0.263. The summed E-state index contributed by atoms with van der Waals surface area (Å²) in [6, 6.07) is 16.9. The molecule has 3 aromatic rings. The van der Waals surface area contributed by atoms with E-state index in [9.17, 15) is 5.11 Å². The first-order valence-corrected chi connectivity index (χ1v) is 7.59. The highest BCUT2D eigenvalue weighted by Gasteiger charge is 2.32. The van der Waals surface area contributed by atoms with Crippen LogP contribution in [0.4, 0.5) is 0 Å². The molecule has 2 atom stereocenters. The summed E-state index contributed by atoms with van der Waals surface area (Å²) in [5, 5.41) is 11.9. The Morgan fingerprint density at radius 1 is 1.05 bits per heavy atom. The van der Waals surface area contributed by atoms with Gasteiger partial charge in [-0.05, 0) is 42.5 Å². The lowest BCUT2D eigenvalue weighted by Gasteiger charge is -2.31. The monoisotopic (exact) mass is 277 g/mol. The molecule has 106 valence electrons. The van der Waals surface area contributed by atoms with Gasteiger partial charge in [-0.25, -0.2) is 0 Å². The highest BCUT2D eigenvalue weighted by atomic mass is 16.3. The third-order valence-corrected chi connectivity index (χ3v) is 4.74. The minimum Gasteiger partial charge on any atom is -0.392 e. The van der Waals surface area contributed by atoms with Crippen LogP contribution in [0.2, 0.25) is 0 Å². The minimum atomic E-state index is -0.308. The van der Waals surface area contributed by atoms with E-state index in [0.29, 0.717) is 0 Å². The Kier molecular flexibility index (Phi) is 2.86. The molecule has 0 fully saturated rings. The Morgan fingerprint density at radius 3 is 2.71 bits per heavy atom. The molecule has 4 rings (SSSR count). The van der Waals surface area contributed by atoms with Gasteiger partial charge < -0.3 is 10.1 Å². The molecule has 1 unspecified atom stereocenters. The Balaban J connectivity index is 1.98. The van der Waals surface area contributed by atoms with Crippen molar-refractivity contribution in [3.8, 4) is 0 Å². The van der Waals surface area contributed by atoms with Crippen molar-refractivity contribution in [2.75, 3.05) is 0 Å². The summed E-state index contributed by atoms with van der Waals surface area (Å²) < 4.78 is 0. The van der Waals surface area contributed by atoms with E-state index in [-0.39, 0.29) is 12.0 Å². The van der Waals surface area contributed by atoms with Gasteiger partial charge in [0.1, 0.15) is 0 Å². The van der Waals surface area contributed by atoms with E-state index < -0.39 is 0 Å². The first-order chi connectivity index (χ1) is 10.3. The number of H-pyrrole nitrogens is 1. The van der Waals surface area contributed by atoms with Gasteiger partial charge in [0, 0.05) is 22.5 Å². The first-order valence-electron chi connectivity index (χ1n) is 7.59. The van der Waals surface area contributed by atoms with E-state index in [0.717, 1.165) is 24.1 Å². The third-order valence-electron chi connectivity index (χ3n) is 4.74. The highest BCUT2D eigenvalue weighted by Crippen LogP contribution is 2.41. The van der Waals surface area contributed by atoms with Crippen LogP contribution in [0.25, 0.3) is 10.9 Å². The van der Waals surface area contributed by atoms with Crippen molar-refractivity contribution in [1.82, 2.24) is 4.98 Å². The van der Waals surface area contributed by atoms with Gasteiger partial charge in [-0.2, -0.15) is 0 Å². The lowest BCUT2D eigenvalue weighted by atomic mass is 9.76. The van der Waals surface area contributed by atoms with Crippen LogP contribution in [-0.2, 0) is 6.42 Å². The summed E-state index contributed by atoms with van der Waals surface area (Å²) in [6.07, 6.45) is 1.49. The summed E-state index contributed by atoms with van der Waals surface area (Å²) in [5.74, 6) is 0.0751. The standard InChI is InChI=1S/C19H19NO/c1-12-18(15-8-4-5-9-16(15)20-12)19-14-7-3-2-6-13(14)10-11-17(19)21/h2-9,17,19-21H,10-11H2,1H3/t17-,19?/m0/s1. The molecular formula is C19H19NO. The third kappa shape index (κ3) is 1.90. The molecule has 0 spiro atoms. The fourth-order valence-electron chi connectivity index (χ4n) is 3.79. The van der Waals surface area contributed by atoms with Gasteiger partial charge in [0.15, 0.2) is 0 Å². The number of aryl methyl sites for hydroxylation is 2. The van der Waals surface area contributed by atoms with Crippen LogP contribution in [0.5, 0.6) is 0 Å². The average Bonchev–Trinajstić information content (AvgIpc) is 2.83. The number of aromatic amines is 1. The molecule has 0 aliphatic heterocycles. The molecule has 1 aliphatic carbocycles. The first kappa shape index (κ1) is 12.7. The van der Waals surface area contributed by atoms with Gasteiger partial charge in [0.25, 0.3) is 0 Å². The number of para-hydroxylation sites is 1. The van der Waals surface area contributed by atoms with Gasteiger partial charge in [0.05, 0.1) is 6.10 Å². The number of benzene rings is 2. The van der Waals surface area contributed by atoms with Crippen molar-refractivity contribution in [2.24, 2.45) is 0 Å². The number of aromatic nitrogens is 1. The van der Waals surface area contributed by atoms with Crippen molar-refractivity contribution in [3.05, 3.63) is 70.9 Å². The predicted octanol–water partition coefficient (Wildman–Crippen LogP) is 3.92. The van der Waals surface area contributed by atoms with E-state index in [1.54, 1.807) is 0 Å². The second-order valence-corrected chi connectivity index (χ2v) is 5.99. The molecule has 0 radical (unpaired) electrons. The van der Waals surface area contributed by atoms with E-state index in [1.165, 1.54) is 22.1 Å². The summed E-state index contributed by atoms with van der Waals surface area (Å²) in [5.41, 5.74) is 6.23. The van der Waals surface area contributed by atoms with Crippen molar-refractivity contribution in [1.29, 1.82) is 0 Å². The molecule has 0 amide bonds. The number of aliphatic hydroxyl groups is 1. The number of rotatable bonds is 1. The predicted molar refractivity (Wildman–Crippen MR) is 85.6 cm³/mol. The molecule has 2 nitrogen and oxygen atoms in total. The maximum Gasteiger partial charge on any atom is 0.0653 e. The maximum absolute atomic E-state index is 10.7. The number of hydrogen-bond donors (Lipinski definition) is 2. The molecule has 0 saturated heterocycles. The second-order valence-electron chi connectivity index (χ2n) is 5.99. The summed E-state index contributed by atoms with van der Waals surface area (Å²) in [7, 11) is 0. The van der Waals surface area contributed by atoms with Gasteiger partial charge in [-0.3, -0.25) is 0 Å². The summed E-state index contributed by atoms with van der Waals surface area (Å²) in [4.78, 5) is 3.46. The molecule has 0 bridgehead atoms. The Hall–Kier alpha value is -2.06. The number of hydrogen-bond acceptors (Lipinski definition) is 1. The molecule has 1 aromatic heterocycles. The van der Waals surface area contributed by atoms with Gasteiger partial charge in [0.2, 0.25) is 0 Å². The summed E-state index contributed by atoms with van der Waals surface area (Å²) >= 11 is 0. The van der Waals surface area contributed by atoms with Crippen LogP contribution in [-0.4, -0.2) is 16.2 Å². The van der Waals surface area contributed by atoms with Crippen LogP contribution in [0.3, 0.4) is 0 Å². The molecule has 2 aromatic carbocycles. The van der Waals surface area contributed by atoms with Crippen LogP contribution in [0.1, 0.15) is 34.7 Å². The van der Waals surface area contributed by atoms with Gasteiger partial charge in [-0.15, -0.1) is 0 Å². The van der Waals surface area contributed by atoms with Crippen LogP contribution >= 0.6 is 0 Å². The van der Waals surface area contributed by atoms with Crippen LogP contribution in [0, 0.1) is 6.92 Å². The quantitative estimate of drug-likeness (QED) is 0.695. The molecule has 21 heavy (non-hydrogen) atoms. The Labute approximate surface area is 124 Å². The fourth-order valence-corrected chi connectivity index (χ4v) is 3.79. The van der Waals surface area contributed by atoms with E-state index in [1.807, 2.05) is 6.07 Å². The Bertz CT molecular complexity index is 802. The van der Waals surface area contributed by atoms with E-state index >= 15 is 0 Å². The maximum atomic E-state index is 10.7. The molecular weight excluding hydrogens is 258 g/mol. The van der Waals surface area contributed by atoms with Crippen molar-refractivity contribution in [3.63, 3.8) is 0 Å². The molecule has 1 aliphatic rings. The number of fused-ring (bicyclic) bond motifs is 2. The van der Waals surface area contributed by atoms with Crippen molar-refractivity contribution < 1.29 is 5.11 Å². The zero-order valence-corrected chi connectivity index (χ0v) is 12.1. The molecule has 2 N–H and O–H groups in total. The van der Waals surface area contributed by atoms with Gasteiger partial charge >= 0.3 is 0 Å². The van der Waals surface area contributed by atoms with Gasteiger partial charge in [-0.1, -0.05) is 42.5 Å². The minimum absolute atomic E-state index is 0.0751. The zero-order valence-electron chi connectivity index (χ0n) is 12.1. The SMILES string of the molecule is Cc1[nH]c2ccccc2c1C1c2ccccc2CC[C@@H]1O. The van der Waals surface area contributed by atoms with E-state index in [4.69, 9.17) is 0 Å². The zero-order chi connectivity index (χ0) is 14.4. The summed E-state index contributed by atoms with van der Waals surface area (Å²) in [6.45, 7) is 2.11. The highest BCUT2D eigenvalue weighted by molar-refractivity contribution is 5.86. The van der Waals surface area contributed by atoms with Crippen molar-refractivity contribution in [2.45, 2.75) is 31.8 Å². The Morgan fingerprint density at radius 2 is 1.81 bits per heavy atom. The molecule has 2 heteroatoms. The lowest BCUT2D eigenvalue weighted by Crippen LogP contribution is -2.26. The smallest absolute Gasteiger partial charge is 0.0653 e. The van der Waals surface area contributed by atoms with Crippen molar-refractivity contribution >= 4 is 10.9 Å². The second kappa shape index (κ2) is 4.74.